The summed E-state index contributed by atoms with van der Waals surface area (Å²) in [5.41, 5.74) is 5.20. The third-order valence-corrected chi connectivity index (χ3v) is 2.47. The van der Waals surface area contributed by atoms with Crippen LogP contribution in [0, 0.1) is 0 Å². The maximum Gasteiger partial charge on any atom is 0.114 e. The Morgan fingerprint density at radius 1 is 1.31 bits per heavy atom. The summed E-state index contributed by atoms with van der Waals surface area (Å²) >= 11 is 0. The van der Waals surface area contributed by atoms with Gasteiger partial charge in [0.15, 0.2) is 0 Å². The van der Waals surface area contributed by atoms with E-state index in [9.17, 15) is 20.4 Å². The Hall–Kier alpha value is -0.280. The van der Waals surface area contributed by atoms with Crippen molar-refractivity contribution >= 4 is 0 Å². The van der Waals surface area contributed by atoms with Crippen LogP contribution >= 0.6 is 0 Å². The quantitative estimate of drug-likeness (QED) is 0.319. The highest BCUT2D eigenvalue weighted by Gasteiger charge is 2.40. The van der Waals surface area contributed by atoms with Crippen molar-refractivity contribution in [1.29, 1.82) is 0 Å². The fourth-order valence-electron chi connectivity index (χ4n) is 1.55. The van der Waals surface area contributed by atoms with Gasteiger partial charge in [0, 0.05) is 6.54 Å². The van der Waals surface area contributed by atoms with E-state index >= 15 is 0 Å². The Kier molecular flexibility index (Phi) is 5.56. The molecule has 1 heterocycles. The topological polar surface area (TPSA) is 125 Å². The second-order valence-corrected chi connectivity index (χ2v) is 3.78. The summed E-state index contributed by atoms with van der Waals surface area (Å²) in [7, 11) is 0. The number of hydrogen-bond donors (Lipinski definition) is 5. The molecule has 3 unspecified atom stereocenters. The molecule has 16 heavy (non-hydrogen) atoms. The molecule has 0 aromatic carbocycles. The van der Waals surface area contributed by atoms with E-state index in [-0.39, 0.29) is 13.2 Å². The molecule has 1 saturated heterocycles. The molecular formula is C9H19NO6. The molecule has 0 spiro atoms. The molecule has 5 atom stereocenters. The van der Waals surface area contributed by atoms with Crippen molar-refractivity contribution in [3.05, 3.63) is 0 Å². The van der Waals surface area contributed by atoms with Gasteiger partial charge in [0.05, 0.1) is 19.8 Å². The van der Waals surface area contributed by atoms with E-state index in [0.717, 1.165) is 0 Å². The largest absolute Gasteiger partial charge is 0.388 e. The van der Waals surface area contributed by atoms with Crippen LogP contribution in [0.5, 0.6) is 0 Å². The van der Waals surface area contributed by atoms with E-state index in [4.69, 9.17) is 15.2 Å². The normalized spacial score (nSPS) is 37.3. The van der Waals surface area contributed by atoms with Crippen LogP contribution in [-0.2, 0) is 9.47 Å². The lowest BCUT2D eigenvalue weighted by Gasteiger charge is -2.37. The molecule has 0 aromatic heterocycles. The van der Waals surface area contributed by atoms with Crippen LogP contribution in [0.2, 0.25) is 0 Å². The molecule has 0 saturated carbocycles. The van der Waals surface area contributed by atoms with E-state index in [1.807, 2.05) is 0 Å². The number of aliphatic hydroxyl groups excluding tert-OH is 4. The SMILES string of the molecule is NCCOC[C@@H](O)C1OCC(O)C(O)[C@@H]1O. The van der Waals surface area contributed by atoms with Gasteiger partial charge in [-0.15, -0.1) is 0 Å². The smallest absolute Gasteiger partial charge is 0.114 e. The summed E-state index contributed by atoms with van der Waals surface area (Å²) < 4.78 is 10.0. The third kappa shape index (κ3) is 3.36. The second kappa shape index (κ2) is 6.45. The molecule has 0 aliphatic carbocycles. The van der Waals surface area contributed by atoms with E-state index in [1.54, 1.807) is 0 Å². The first-order chi connectivity index (χ1) is 7.57. The molecule has 96 valence electrons. The predicted octanol–water partition coefficient (Wildman–Crippen LogP) is -3.20. The minimum Gasteiger partial charge on any atom is -0.388 e. The third-order valence-electron chi connectivity index (χ3n) is 2.47. The van der Waals surface area contributed by atoms with Crippen molar-refractivity contribution in [3.63, 3.8) is 0 Å². The van der Waals surface area contributed by atoms with Crippen LogP contribution in [0.4, 0.5) is 0 Å². The Morgan fingerprint density at radius 2 is 2.00 bits per heavy atom. The van der Waals surface area contributed by atoms with Crippen LogP contribution in [0.1, 0.15) is 0 Å². The fraction of sp³-hybridized carbons (Fsp3) is 1.00. The van der Waals surface area contributed by atoms with E-state index in [0.29, 0.717) is 13.2 Å². The average Bonchev–Trinajstić information content (AvgIpc) is 2.26. The van der Waals surface area contributed by atoms with Crippen molar-refractivity contribution in [2.45, 2.75) is 30.5 Å². The van der Waals surface area contributed by atoms with E-state index < -0.39 is 30.5 Å². The van der Waals surface area contributed by atoms with Gasteiger partial charge in [0.2, 0.25) is 0 Å². The Bertz CT molecular complexity index is 204. The van der Waals surface area contributed by atoms with Gasteiger partial charge < -0.3 is 35.6 Å². The van der Waals surface area contributed by atoms with Gasteiger partial charge in [0.25, 0.3) is 0 Å². The van der Waals surface area contributed by atoms with Gasteiger partial charge in [-0.1, -0.05) is 0 Å². The first kappa shape index (κ1) is 13.8. The molecular weight excluding hydrogens is 218 g/mol. The number of rotatable bonds is 5. The number of hydrogen-bond acceptors (Lipinski definition) is 7. The van der Waals surface area contributed by atoms with Crippen LogP contribution in [0.15, 0.2) is 0 Å². The van der Waals surface area contributed by atoms with Crippen LogP contribution in [0.3, 0.4) is 0 Å². The highest BCUT2D eigenvalue weighted by Crippen LogP contribution is 2.18. The lowest BCUT2D eigenvalue weighted by molar-refractivity contribution is -0.216. The van der Waals surface area contributed by atoms with Gasteiger partial charge >= 0.3 is 0 Å². The summed E-state index contributed by atoms with van der Waals surface area (Å²) in [6.45, 7) is 0.464. The first-order valence-corrected chi connectivity index (χ1v) is 5.19. The van der Waals surface area contributed by atoms with Crippen molar-refractivity contribution < 1.29 is 29.9 Å². The lowest BCUT2D eigenvalue weighted by atomic mass is 9.97. The molecule has 6 N–H and O–H groups in total. The monoisotopic (exact) mass is 237 g/mol. The molecule has 1 fully saturated rings. The average molecular weight is 237 g/mol. The van der Waals surface area contributed by atoms with Crippen molar-refractivity contribution in [2.24, 2.45) is 5.73 Å². The summed E-state index contributed by atoms with van der Waals surface area (Å²) in [4.78, 5) is 0. The predicted molar refractivity (Wildman–Crippen MR) is 53.6 cm³/mol. The first-order valence-electron chi connectivity index (χ1n) is 5.19. The zero-order valence-corrected chi connectivity index (χ0v) is 8.90. The summed E-state index contributed by atoms with van der Waals surface area (Å²) in [6, 6.07) is 0. The molecule has 1 rings (SSSR count). The van der Waals surface area contributed by atoms with Crippen LogP contribution < -0.4 is 5.73 Å². The molecule has 0 radical (unpaired) electrons. The van der Waals surface area contributed by atoms with E-state index in [2.05, 4.69) is 0 Å². The molecule has 0 amide bonds. The van der Waals surface area contributed by atoms with Crippen molar-refractivity contribution in [3.8, 4) is 0 Å². The zero-order chi connectivity index (χ0) is 12.1. The van der Waals surface area contributed by atoms with E-state index in [1.165, 1.54) is 0 Å². The molecule has 0 aromatic rings. The Labute approximate surface area is 93.4 Å². The van der Waals surface area contributed by atoms with Crippen molar-refractivity contribution in [1.82, 2.24) is 0 Å². The highest BCUT2D eigenvalue weighted by atomic mass is 16.5. The second-order valence-electron chi connectivity index (χ2n) is 3.78. The Morgan fingerprint density at radius 3 is 2.62 bits per heavy atom. The molecule has 1 aliphatic heterocycles. The molecule has 7 nitrogen and oxygen atoms in total. The minimum atomic E-state index is -1.33. The van der Waals surface area contributed by atoms with Gasteiger partial charge in [0.1, 0.15) is 30.5 Å². The molecule has 7 heteroatoms. The standard InChI is InChI=1S/C9H19NO6/c10-1-2-15-3-6(12)9-8(14)7(13)5(11)4-16-9/h5-9,11-14H,1-4,10H2/t5?,6-,7?,8+,9?/m1/s1. The summed E-state index contributed by atoms with van der Waals surface area (Å²) in [6.07, 6.45) is -5.81. The number of ether oxygens (including phenoxy) is 2. The molecule has 1 aliphatic rings. The van der Waals surface area contributed by atoms with Gasteiger partial charge in [-0.2, -0.15) is 0 Å². The maximum atomic E-state index is 9.63. The zero-order valence-electron chi connectivity index (χ0n) is 8.90. The highest BCUT2D eigenvalue weighted by molar-refractivity contribution is 4.90. The molecule has 0 bridgehead atoms. The minimum absolute atomic E-state index is 0.0399. The van der Waals surface area contributed by atoms with Crippen LogP contribution in [-0.4, -0.2) is 77.3 Å². The van der Waals surface area contributed by atoms with Gasteiger partial charge in [-0.3, -0.25) is 0 Å². The Balaban J connectivity index is 2.40. The number of aliphatic hydroxyl groups is 4. The van der Waals surface area contributed by atoms with Gasteiger partial charge in [-0.05, 0) is 0 Å². The lowest BCUT2D eigenvalue weighted by Crippen LogP contribution is -2.57. The maximum absolute atomic E-state index is 9.63. The summed E-state index contributed by atoms with van der Waals surface area (Å²) in [5, 5.41) is 37.8. The van der Waals surface area contributed by atoms with Crippen LogP contribution in [0.25, 0.3) is 0 Å². The van der Waals surface area contributed by atoms with Gasteiger partial charge in [-0.25, -0.2) is 0 Å². The number of nitrogens with two attached hydrogens (primary N) is 1. The summed E-state index contributed by atoms with van der Waals surface area (Å²) in [5.74, 6) is 0. The van der Waals surface area contributed by atoms with Crippen molar-refractivity contribution in [2.75, 3.05) is 26.4 Å². The fourth-order valence-corrected chi connectivity index (χ4v) is 1.55.